The molecular formula is C12H14N2OS. The molecule has 1 atom stereocenters. The second kappa shape index (κ2) is 5.61. The molecule has 0 saturated carbocycles. The van der Waals surface area contributed by atoms with Gasteiger partial charge >= 0.3 is 0 Å². The van der Waals surface area contributed by atoms with E-state index < -0.39 is 0 Å². The predicted molar refractivity (Wildman–Crippen MR) is 68.2 cm³/mol. The van der Waals surface area contributed by atoms with Gasteiger partial charge in [-0.25, -0.2) is 0 Å². The number of allylic oxidation sites excluding steroid dienone is 1. The molecule has 4 heteroatoms. The molecule has 0 fully saturated rings. The lowest BCUT2D eigenvalue weighted by atomic mass is 10.2. The molecule has 0 aliphatic carbocycles. The maximum atomic E-state index is 5.65. The van der Waals surface area contributed by atoms with Gasteiger partial charge < -0.3 is 10.1 Å². The number of ether oxygens (including phenoxy) is 1. The minimum Gasteiger partial charge on any atom is -0.474 e. The maximum Gasteiger partial charge on any atom is 0.190 e. The Labute approximate surface area is 99.6 Å². The first-order valence-electron chi connectivity index (χ1n) is 5.08. The van der Waals surface area contributed by atoms with Gasteiger partial charge in [0, 0.05) is 12.3 Å². The van der Waals surface area contributed by atoms with Crippen molar-refractivity contribution in [3.8, 4) is 0 Å². The monoisotopic (exact) mass is 234 g/mol. The molecule has 2 rings (SSSR count). The van der Waals surface area contributed by atoms with Crippen LogP contribution in [0.1, 0.15) is 5.56 Å². The Morgan fingerprint density at radius 1 is 1.38 bits per heavy atom. The summed E-state index contributed by atoms with van der Waals surface area (Å²) in [5.41, 5.74) is 1.23. The largest absolute Gasteiger partial charge is 0.474 e. The normalized spacial score (nSPS) is 18.8. The molecule has 1 aliphatic heterocycles. The van der Waals surface area contributed by atoms with Crippen LogP contribution >= 0.6 is 11.8 Å². The lowest BCUT2D eigenvalue weighted by Gasteiger charge is -2.19. The van der Waals surface area contributed by atoms with E-state index >= 15 is 0 Å². The molecule has 1 aromatic carbocycles. The second-order valence-corrected chi connectivity index (χ2v) is 4.25. The van der Waals surface area contributed by atoms with Gasteiger partial charge in [-0.2, -0.15) is 0 Å². The molecule has 1 aliphatic rings. The van der Waals surface area contributed by atoms with Crippen molar-refractivity contribution in [2.24, 2.45) is 4.99 Å². The average Bonchev–Trinajstić information content (AvgIpc) is 2.38. The topological polar surface area (TPSA) is 33.6 Å². The maximum absolute atomic E-state index is 5.65. The van der Waals surface area contributed by atoms with Crippen LogP contribution in [0, 0.1) is 0 Å². The van der Waals surface area contributed by atoms with Crippen LogP contribution in [0.5, 0.6) is 0 Å². The molecule has 1 N–H and O–H groups in total. The molecule has 1 heterocycles. The van der Waals surface area contributed by atoms with Crippen LogP contribution in [0.2, 0.25) is 0 Å². The van der Waals surface area contributed by atoms with Crippen molar-refractivity contribution >= 4 is 18.0 Å². The lowest BCUT2D eigenvalue weighted by molar-refractivity contribution is 0.176. The number of hydrogen-bond acceptors (Lipinski definition) is 4. The molecule has 0 bridgehead atoms. The molecule has 0 amide bonds. The van der Waals surface area contributed by atoms with Crippen molar-refractivity contribution < 1.29 is 4.74 Å². The Bertz CT molecular complexity index is 389. The average molecular weight is 234 g/mol. The van der Waals surface area contributed by atoms with Crippen molar-refractivity contribution in [1.82, 2.24) is 5.32 Å². The smallest absolute Gasteiger partial charge is 0.190 e. The van der Waals surface area contributed by atoms with Crippen LogP contribution in [0.25, 0.3) is 0 Å². The van der Waals surface area contributed by atoms with E-state index in [4.69, 9.17) is 4.74 Å². The van der Waals surface area contributed by atoms with E-state index in [9.17, 15) is 0 Å². The highest BCUT2D eigenvalue weighted by atomic mass is 32.2. The summed E-state index contributed by atoms with van der Waals surface area (Å²) in [6.07, 6.45) is 5.63. The summed E-state index contributed by atoms with van der Waals surface area (Å²) in [5.74, 6) is 0.776. The van der Waals surface area contributed by atoms with Crippen LogP contribution in [0.4, 0.5) is 0 Å². The molecule has 0 radical (unpaired) electrons. The molecule has 0 spiro atoms. The highest BCUT2D eigenvalue weighted by Crippen LogP contribution is 2.12. The molecule has 1 unspecified atom stereocenters. The minimum atomic E-state index is 0.0655. The van der Waals surface area contributed by atoms with E-state index in [1.165, 1.54) is 0 Å². The van der Waals surface area contributed by atoms with Gasteiger partial charge in [-0.05, 0) is 11.8 Å². The summed E-state index contributed by atoms with van der Waals surface area (Å²) < 4.78 is 5.65. The summed E-state index contributed by atoms with van der Waals surface area (Å²) in [6.45, 7) is 0.578. The van der Waals surface area contributed by atoms with E-state index in [0.717, 1.165) is 11.4 Å². The highest BCUT2D eigenvalue weighted by Gasteiger charge is 2.09. The second-order valence-electron chi connectivity index (χ2n) is 3.34. The molecule has 16 heavy (non-hydrogen) atoms. The van der Waals surface area contributed by atoms with Gasteiger partial charge in [0.15, 0.2) is 11.4 Å². The Balaban J connectivity index is 1.87. The standard InChI is InChI=1S/C12H14N2OS/c1-16-12-13-8-7-11(14-12)15-9-10-5-3-2-4-6-10/h2-8,12,14H,9H2,1H3. The zero-order valence-corrected chi connectivity index (χ0v) is 9.91. The third-order valence-corrected chi connectivity index (χ3v) is 2.86. The fourth-order valence-electron chi connectivity index (χ4n) is 1.34. The van der Waals surface area contributed by atoms with E-state index in [0.29, 0.717) is 6.61 Å². The summed E-state index contributed by atoms with van der Waals surface area (Å²) in [4.78, 5) is 4.22. The minimum absolute atomic E-state index is 0.0655. The summed E-state index contributed by atoms with van der Waals surface area (Å²) in [5, 5.41) is 3.18. The highest BCUT2D eigenvalue weighted by molar-refractivity contribution is 7.99. The predicted octanol–water partition coefficient (Wildman–Crippen LogP) is 2.37. The van der Waals surface area contributed by atoms with Crippen LogP contribution in [0.15, 0.2) is 47.3 Å². The number of nitrogens with one attached hydrogen (secondary N) is 1. The third kappa shape index (κ3) is 3.03. The van der Waals surface area contributed by atoms with Crippen LogP contribution in [0.3, 0.4) is 0 Å². The molecule has 1 aromatic rings. The Hall–Kier alpha value is -1.42. The van der Waals surface area contributed by atoms with Crippen molar-refractivity contribution in [2.75, 3.05) is 6.26 Å². The first-order valence-corrected chi connectivity index (χ1v) is 6.37. The quantitative estimate of drug-likeness (QED) is 0.868. The molecule has 3 nitrogen and oxygen atoms in total. The zero-order chi connectivity index (χ0) is 11.2. The number of hydrogen-bond donors (Lipinski definition) is 1. The number of benzene rings is 1. The van der Waals surface area contributed by atoms with E-state index in [1.54, 1.807) is 18.0 Å². The van der Waals surface area contributed by atoms with Crippen molar-refractivity contribution in [3.05, 3.63) is 47.9 Å². The van der Waals surface area contributed by atoms with Crippen LogP contribution < -0.4 is 5.32 Å². The fourth-order valence-corrected chi connectivity index (χ4v) is 1.77. The van der Waals surface area contributed by atoms with E-state index in [2.05, 4.69) is 10.3 Å². The lowest BCUT2D eigenvalue weighted by Crippen LogP contribution is -2.27. The summed E-state index contributed by atoms with van der Waals surface area (Å²) in [6, 6.07) is 10.1. The van der Waals surface area contributed by atoms with Gasteiger partial charge in [0.2, 0.25) is 0 Å². The van der Waals surface area contributed by atoms with E-state index in [-0.39, 0.29) is 5.50 Å². The Morgan fingerprint density at radius 3 is 2.94 bits per heavy atom. The molecular weight excluding hydrogens is 220 g/mol. The number of thioether (sulfide) groups is 1. The summed E-state index contributed by atoms with van der Waals surface area (Å²) in [7, 11) is 0. The van der Waals surface area contributed by atoms with Crippen LogP contribution in [-0.2, 0) is 11.3 Å². The SMILES string of the molecule is CSC1N=CC=C(OCc2ccccc2)N1. The van der Waals surface area contributed by atoms with Crippen molar-refractivity contribution in [3.63, 3.8) is 0 Å². The van der Waals surface area contributed by atoms with Gasteiger partial charge in [0.1, 0.15) is 6.61 Å². The molecule has 0 saturated heterocycles. The van der Waals surface area contributed by atoms with Crippen molar-refractivity contribution in [1.29, 1.82) is 0 Å². The fraction of sp³-hybridized carbons (Fsp3) is 0.250. The van der Waals surface area contributed by atoms with Gasteiger partial charge in [0.25, 0.3) is 0 Å². The van der Waals surface area contributed by atoms with Gasteiger partial charge in [0.05, 0.1) is 0 Å². The van der Waals surface area contributed by atoms with Crippen molar-refractivity contribution in [2.45, 2.75) is 12.1 Å². The zero-order valence-electron chi connectivity index (χ0n) is 9.09. The number of aliphatic imine (C=N–C) groups is 1. The molecule has 84 valence electrons. The van der Waals surface area contributed by atoms with Gasteiger partial charge in [-0.3, -0.25) is 4.99 Å². The van der Waals surface area contributed by atoms with E-state index in [1.807, 2.05) is 42.7 Å². The Kier molecular flexibility index (Phi) is 3.88. The summed E-state index contributed by atoms with van der Waals surface area (Å²) >= 11 is 1.64. The first kappa shape index (κ1) is 11.1. The number of nitrogens with zero attached hydrogens (tertiary/aromatic N) is 1. The van der Waals surface area contributed by atoms with Gasteiger partial charge in [-0.1, -0.05) is 30.3 Å². The third-order valence-electron chi connectivity index (χ3n) is 2.17. The molecule has 0 aromatic heterocycles. The number of rotatable bonds is 4. The first-order chi connectivity index (χ1) is 7.88. The van der Waals surface area contributed by atoms with Gasteiger partial charge in [-0.15, -0.1) is 11.8 Å². The Morgan fingerprint density at radius 2 is 2.19 bits per heavy atom. The van der Waals surface area contributed by atoms with Crippen LogP contribution in [-0.4, -0.2) is 18.0 Å².